The molecule has 4 rings (SSSR count). The summed E-state index contributed by atoms with van der Waals surface area (Å²) in [5.41, 5.74) is -2.58. The lowest BCUT2D eigenvalue weighted by atomic mass is 9.94. The number of benzene rings is 1. The molecule has 0 radical (unpaired) electrons. The predicted octanol–water partition coefficient (Wildman–Crippen LogP) is 0.589. The normalized spacial score (nSPS) is 20.7. The lowest BCUT2D eigenvalue weighted by molar-refractivity contribution is -0.170. The van der Waals surface area contributed by atoms with E-state index in [0.717, 1.165) is 0 Å². The van der Waals surface area contributed by atoms with Crippen molar-refractivity contribution >= 4 is 29.6 Å². The molecule has 0 saturated heterocycles. The highest BCUT2D eigenvalue weighted by Crippen LogP contribution is 2.44. The Morgan fingerprint density at radius 1 is 1.00 bits per heavy atom. The highest BCUT2D eigenvalue weighted by atomic mass is 16.6. The van der Waals surface area contributed by atoms with E-state index in [4.69, 9.17) is 14.2 Å². The Labute approximate surface area is 157 Å². The molecule has 0 aliphatic carbocycles. The van der Waals surface area contributed by atoms with Crippen molar-refractivity contribution in [2.75, 3.05) is 5.32 Å². The van der Waals surface area contributed by atoms with E-state index >= 15 is 0 Å². The number of esters is 3. The molecular formula is C18H12N2O8. The van der Waals surface area contributed by atoms with Gasteiger partial charge in [0.05, 0.1) is 18.4 Å². The first kappa shape index (κ1) is 17.6. The molecule has 10 heteroatoms. The Kier molecular flexibility index (Phi) is 4.04. The van der Waals surface area contributed by atoms with Crippen LogP contribution in [0.25, 0.3) is 0 Å². The second kappa shape index (κ2) is 6.43. The second-order valence-corrected chi connectivity index (χ2v) is 6.16. The number of aromatic nitrogens is 1. The number of carbonyl (C=O) groups excluding carboxylic acids is 4. The van der Waals surface area contributed by atoms with Crippen LogP contribution in [0.2, 0.25) is 0 Å². The van der Waals surface area contributed by atoms with Crippen LogP contribution in [0, 0.1) is 0 Å². The fourth-order valence-corrected chi connectivity index (χ4v) is 2.80. The molecule has 2 bridgehead atoms. The van der Waals surface area contributed by atoms with Crippen LogP contribution < -0.4 is 19.5 Å². The van der Waals surface area contributed by atoms with Gasteiger partial charge in [-0.1, -0.05) is 6.07 Å². The van der Waals surface area contributed by atoms with Gasteiger partial charge in [-0.05, 0) is 24.3 Å². The first-order chi connectivity index (χ1) is 13.4. The van der Waals surface area contributed by atoms with Crippen LogP contribution in [0.15, 0.2) is 36.5 Å². The van der Waals surface area contributed by atoms with Crippen molar-refractivity contribution < 1.29 is 38.5 Å². The summed E-state index contributed by atoms with van der Waals surface area (Å²) in [6.45, 7) is 0. The minimum atomic E-state index is -2.42. The van der Waals surface area contributed by atoms with Crippen LogP contribution in [0.4, 0.5) is 5.82 Å². The van der Waals surface area contributed by atoms with E-state index in [1.165, 1.54) is 18.3 Å². The van der Waals surface area contributed by atoms with Gasteiger partial charge >= 0.3 is 17.9 Å². The quantitative estimate of drug-likeness (QED) is 0.562. The molecule has 1 amide bonds. The highest BCUT2D eigenvalue weighted by molar-refractivity contribution is 6.08. The lowest BCUT2D eigenvalue weighted by Crippen LogP contribution is -2.49. The topological polar surface area (TPSA) is 141 Å². The number of ether oxygens (including phenoxy) is 3. The SMILES string of the molecule is O=C1CC2(O)CC(=O)Oc3c(C(=O)Nc4ccccn4)ccc(c3OC2=O)O1. The number of aliphatic hydroxyl groups is 1. The zero-order chi connectivity index (χ0) is 19.9. The van der Waals surface area contributed by atoms with E-state index in [9.17, 15) is 24.3 Å². The summed E-state index contributed by atoms with van der Waals surface area (Å²) in [4.78, 5) is 53.1. The Bertz CT molecular complexity index is 1020. The summed E-state index contributed by atoms with van der Waals surface area (Å²) in [5, 5.41) is 12.9. The van der Waals surface area contributed by atoms with Gasteiger partial charge < -0.3 is 24.6 Å². The maximum absolute atomic E-state index is 12.6. The number of nitrogens with zero attached hydrogens (tertiary/aromatic N) is 1. The summed E-state index contributed by atoms with van der Waals surface area (Å²) < 4.78 is 15.4. The maximum Gasteiger partial charge on any atom is 0.345 e. The lowest BCUT2D eigenvalue weighted by Gasteiger charge is -2.30. The Balaban J connectivity index is 1.82. The predicted molar refractivity (Wildman–Crippen MR) is 89.7 cm³/mol. The number of pyridine rings is 1. The van der Waals surface area contributed by atoms with Gasteiger partial charge in [0, 0.05) is 6.20 Å². The zero-order valence-corrected chi connectivity index (χ0v) is 14.1. The first-order valence-corrected chi connectivity index (χ1v) is 8.11. The Hall–Kier alpha value is -3.79. The molecule has 2 N–H and O–H groups in total. The van der Waals surface area contributed by atoms with Crippen molar-refractivity contribution in [1.29, 1.82) is 0 Å². The van der Waals surface area contributed by atoms with Gasteiger partial charge in [-0.25, -0.2) is 9.78 Å². The Morgan fingerprint density at radius 2 is 1.75 bits per heavy atom. The van der Waals surface area contributed by atoms with Gasteiger partial charge in [-0.2, -0.15) is 0 Å². The van der Waals surface area contributed by atoms with E-state index in [2.05, 4.69) is 10.3 Å². The monoisotopic (exact) mass is 384 g/mol. The summed E-state index contributed by atoms with van der Waals surface area (Å²) in [5.74, 6) is -4.71. The fraction of sp³-hybridized carbons (Fsp3) is 0.167. The molecule has 10 nitrogen and oxygen atoms in total. The van der Waals surface area contributed by atoms with Gasteiger partial charge in [0.25, 0.3) is 5.91 Å². The van der Waals surface area contributed by atoms with Crippen molar-refractivity contribution in [2.24, 2.45) is 0 Å². The van der Waals surface area contributed by atoms with E-state index in [-0.39, 0.29) is 17.1 Å². The minimum absolute atomic E-state index is 0.160. The molecule has 0 saturated carbocycles. The molecule has 28 heavy (non-hydrogen) atoms. The third-order valence-electron chi connectivity index (χ3n) is 4.12. The van der Waals surface area contributed by atoms with Crippen LogP contribution in [-0.4, -0.2) is 39.5 Å². The van der Waals surface area contributed by atoms with Crippen LogP contribution in [0.5, 0.6) is 17.2 Å². The first-order valence-electron chi connectivity index (χ1n) is 8.11. The van der Waals surface area contributed by atoms with E-state index in [0.29, 0.717) is 0 Å². The number of fused-ring (bicyclic) bond motifs is 2. The number of rotatable bonds is 2. The van der Waals surface area contributed by atoms with Crippen LogP contribution in [-0.2, 0) is 14.4 Å². The van der Waals surface area contributed by atoms with E-state index in [1.54, 1.807) is 18.2 Å². The Morgan fingerprint density at radius 3 is 2.46 bits per heavy atom. The molecule has 2 aliphatic rings. The molecule has 0 fully saturated rings. The maximum atomic E-state index is 12.6. The number of nitrogens with one attached hydrogen (secondary N) is 1. The van der Waals surface area contributed by atoms with Gasteiger partial charge in [-0.3, -0.25) is 14.4 Å². The summed E-state index contributed by atoms with van der Waals surface area (Å²) in [7, 11) is 0. The molecule has 1 unspecified atom stereocenters. The number of anilines is 1. The number of hydrogen-bond donors (Lipinski definition) is 2. The smallest absolute Gasteiger partial charge is 0.345 e. The van der Waals surface area contributed by atoms with Crippen molar-refractivity contribution in [3.05, 3.63) is 42.1 Å². The molecule has 3 heterocycles. The van der Waals surface area contributed by atoms with Gasteiger partial charge in [0.15, 0.2) is 17.1 Å². The summed E-state index contributed by atoms with van der Waals surface area (Å²) in [6, 6.07) is 7.33. The average Bonchev–Trinajstić information content (AvgIpc) is 2.62. The molecule has 2 aliphatic heterocycles. The third-order valence-corrected chi connectivity index (χ3v) is 4.12. The molecule has 2 aromatic rings. The molecule has 0 spiro atoms. The average molecular weight is 384 g/mol. The van der Waals surface area contributed by atoms with Gasteiger partial charge in [-0.15, -0.1) is 0 Å². The van der Waals surface area contributed by atoms with E-state index in [1.807, 2.05) is 0 Å². The zero-order valence-electron chi connectivity index (χ0n) is 14.1. The van der Waals surface area contributed by atoms with Gasteiger partial charge in [0.2, 0.25) is 5.75 Å². The van der Waals surface area contributed by atoms with E-state index < -0.39 is 53.8 Å². The molecule has 1 aromatic heterocycles. The van der Waals surface area contributed by atoms with Crippen LogP contribution in [0.3, 0.4) is 0 Å². The molecule has 1 atom stereocenters. The van der Waals surface area contributed by atoms with Crippen molar-refractivity contribution in [3.8, 4) is 17.2 Å². The fourth-order valence-electron chi connectivity index (χ4n) is 2.80. The number of amides is 1. The molecule has 142 valence electrons. The number of hydrogen-bond acceptors (Lipinski definition) is 9. The molecule has 1 aromatic carbocycles. The third kappa shape index (κ3) is 3.05. The van der Waals surface area contributed by atoms with Crippen molar-refractivity contribution in [1.82, 2.24) is 4.98 Å². The summed E-state index contributed by atoms with van der Waals surface area (Å²) in [6.07, 6.45) is -0.152. The van der Waals surface area contributed by atoms with Gasteiger partial charge in [0.1, 0.15) is 5.82 Å². The summed E-state index contributed by atoms with van der Waals surface area (Å²) >= 11 is 0. The van der Waals surface area contributed by atoms with Crippen LogP contribution >= 0.6 is 0 Å². The second-order valence-electron chi connectivity index (χ2n) is 6.16. The van der Waals surface area contributed by atoms with Crippen molar-refractivity contribution in [3.63, 3.8) is 0 Å². The largest absolute Gasteiger partial charge is 0.422 e. The minimum Gasteiger partial charge on any atom is -0.422 e. The molecular weight excluding hydrogens is 372 g/mol. The van der Waals surface area contributed by atoms with Crippen molar-refractivity contribution in [2.45, 2.75) is 18.4 Å². The number of carbonyl (C=O) groups is 4. The van der Waals surface area contributed by atoms with Crippen LogP contribution in [0.1, 0.15) is 23.2 Å². The highest BCUT2D eigenvalue weighted by Gasteiger charge is 2.48. The standard InChI is InChI=1S/C18H12N2O8/c21-12-7-18(25)8-13(22)27-14-9(16(23)20-11-3-1-2-6-19-11)4-5-10(26-12)15(14)28-17(18)24/h1-6,25H,7-8H2,(H,19,20,23).